The summed E-state index contributed by atoms with van der Waals surface area (Å²) in [5.41, 5.74) is 1.66. The smallest absolute Gasteiger partial charge is 0.321 e. The van der Waals surface area contributed by atoms with Gasteiger partial charge in [-0.15, -0.1) is 0 Å². The van der Waals surface area contributed by atoms with E-state index < -0.39 is 27.4 Å². The molecule has 1 unspecified atom stereocenters. The Hall–Kier alpha value is -1.69. The van der Waals surface area contributed by atoms with Gasteiger partial charge in [0.2, 0.25) is 5.91 Å². The molecule has 0 aromatic heterocycles. The predicted molar refractivity (Wildman–Crippen MR) is 74.5 cm³/mol. The third-order valence-electron chi connectivity index (χ3n) is 2.68. The highest BCUT2D eigenvalue weighted by atomic mass is 32.2. The zero-order valence-electron chi connectivity index (χ0n) is 11.1. The number of aryl methyl sites for hydroxylation is 1. The number of rotatable bonds is 5. The fourth-order valence-corrected chi connectivity index (χ4v) is 2.10. The zero-order chi connectivity index (χ0) is 14.6. The summed E-state index contributed by atoms with van der Waals surface area (Å²) in [6.45, 7) is 4.60. The number of aliphatic carboxylic acids is 1. The molecule has 1 amide bonds. The van der Waals surface area contributed by atoms with Crippen LogP contribution in [0.5, 0.6) is 0 Å². The zero-order valence-corrected chi connectivity index (χ0v) is 11.9. The van der Waals surface area contributed by atoms with E-state index in [1.54, 1.807) is 12.1 Å². The summed E-state index contributed by atoms with van der Waals surface area (Å²) >= 11 is 0. The van der Waals surface area contributed by atoms with Crippen LogP contribution in [0.25, 0.3) is 0 Å². The molecule has 0 saturated carbocycles. The molecule has 104 valence electrons. The maximum absolute atomic E-state index is 11.8. The van der Waals surface area contributed by atoms with Crippen molar-refractivity contribution in [2.24, 2.45) is 0 Å². The van der Waals surface area contributed by atoms with Crippen LogP contribution in [0, 0.1) is 6.92 Å². The van der Waals surface area contributed by atoms with Crippen LogP contribution < -0.4 is 5.32 Å². The molecule has 1 aromatic rings. The molecule has 0 fully saturated rings. The Balaban J connectivity index is 2.63. The SMILES string of the molecule is Cc1ccc(NC(=O)CS(=O)C(C)(C)C(=O)O)cc1. The molecule has 1 atom stereocenters. The van der Waals surface area contributed by atoms with Crippen molar-refractivity contribution in [3.8, 4) is 0 Å². The summed E-state index contributed by atoms with van der Waals surface area (Å²) in [4.78, 5) is 22.6. The first-order chi connectivity index (χ1) is 8.73. The molecule has 0 aliphatic carbocycles. The molecule has 1 rings (SSSR count). The lowest BCUT2D eigenvalue weighted by Crippen LogP contribution is -2.40. The lowest BCUT2D eigenvalue weighted by Gasteiger charge is -2.18. The van der Waals surface area contributed by atoms with E-state index in [-0.39, 0.29) is 5.75 Å². The minimum Gasteiger partial charge on any atom is -0.480 e. The van der Waals surface area contributed by atoms with Crippen LogP contribution in [0.4, 0.5) is 5.69 Å². The Kier molecular flexibility index (Phi) is 4.83. The second kappa shape index (κ2) is 5.97. The molecular weight excluding hydrogens is 266 g/mol. The molecule has 0 bridgehead atoms. The van der Waals surface area contributed by atoms with Gasteiger partial charge in [0.25, 0.3) is 0 Å². The predicted octanol–water partition coefficient (Wildman–Crippen LogP) is 1.55. The fraction of sp³-hybridized carbons (Fsp3) is 0.385. The minimum absolute atomic E-state index is 0.340. The van der Waals surface area contributed by atoms with Gasteiger partial charge in [0.15, 0.2) is 0 Å². The van der Waals surface area contributed by atoms with Crippen molar-refractivity contribution in [2.75, 3.05) is 11.1 Å². The monoisotopic (exact) mass is 283 g/mol. The van der Waals surface area contributed by atoms with Gasteiger partial charge in [-0.25, -0.2) is 0 Å². The van der Waals surface area contributed by atoms with E-state index >= 15 is 0 Å². The molecule has 6 heteroatoms. The van der Waals surface area contributed by atoms with Crippen LogP contribution in [0.2, 0.25) is 0 Å². The van der Waals surface area contributed by atoms with Crippen molar-refractivity contribution < 1.29 is 18.9 Å². The van der Waals surface area contributed by atoms with Crippen molar-refractivity contribution in [1.29, 1.82) is 0 Å². The molecule has 2 N–H and O–H groups in total. The fourth-order valence-electron chi connectivity index (χ4n) is 1.23. The van der Waals surface area contributed by atoms with Gasteiger partial charge in [0.05, 0.1) is 0 Å². The van der Waals surface area contributed by atoms with Crippen molar-refractivity contribution in [3.05, 3.63) is 29.8 Å². The number of anilines is 1. The summed E-state index contributed by atoms with van der Waals surface area (Å²) in [6.07, 6.45) is 0. The highest BCUT2D eigenvalue weighted by Crippen LogP contribution is 2.14. The number of hydrogen-bond donors (Lipinski definition) is 2. The Bertz CT molecular complexity index is 508. The Morgan fingerprint density at radius 3 is 2.26 bits per heavy atom. The number of carbonyl (C=O) groups excluding carboxylic acids is 1. The molecule has 0 spiro atoms. The minimum atomic E-state index is -1.78. The standard InChI is InChI=1S/C13H17NO4S/c1-9-4-6-10(7-5-9)14-11(15)8-19(18)13(2,3)12(16)17/h4-7H,8H2,1-3H3,(H,14,15)(H,16,17). The molecule has 0 aliphatic heterocycles. The number of carbonyl (C=O) groups is 2. The van der Waals surface area contributed by atoms with Crippen LogP contribution in [0.15, 0.2) is 24.3 Å². The molecule has 0 saturated heterocycles. The molecule has 0 radical (unpaired) electrons. The number of benzene rings is 1. The number of hydrogen-bond acceptors (Lipinski definition) is 3. The van der Waals surface area contributed by atoms with Crippen molar-refractivity contribution >= 4 is 28.4 Å². The van der Waals surface area contributed by atoms with Crippen molar-refractivity contribution in [3.63, 3.8) is 0 Å². The van der Waals surface area contributed by atoms with E-state index in [1.165, 1.54) is 13.8 Å². The van der Waals surface area contributed by atoms with E-state index in [1.807, 2.05) is 19.1 Å². The molecular formula is C13H17NO4S. The largest absolute Gasteiger partial charge is 0.480 e. The average Bonchev–Trinajstić information content (AvgIpc) is 2.31. The third kappa shape index (κ3) is 4.17. The lowest BCUT2D eigenvalue weighted by molar-refractivity contribution is -0.139. The average molecular weight is 283 g/mol. The first kappa shape index (κ1) is 15.4. The van der Waals surface area contributed by atoms with Crippen molar-refractivity contribution in [2.45, 2.75) is 25.5 Å². The van der Waals surface area contributed by atoms with Gasteiger partial charge in [-0.1, -0.05) is 17.7 Å². The van der Waals surface area contributed by atoms with Crippen LogP contribution in [-0.2, 0) is 20.4 Å². The summed E-state index contributed by atoms with van der Waals surface area (Å²) < 4.78 is 10.4. The second-order valence-electron chi connectivity index (χ2n) is 4.72. The first-order valence-corrected chi connectivity index (χ1v) is 7.04. The number of nitrogens with one attached hydrogen (secondary N) is 1. The molecule has 5 nitrogen and oxygen atoms in total. The second-order valence-corrected chi connectivity index (χ2v) is 6.72. The quantitative estimate of drug-likeness (QED) is 0.858. The van der Waals surface area contributed by atoms with Crippen LogP contribution in [-0.4, -0.2) is 31.7 Å². The van der Waals surface area contributed by atoms with Crippen LogP contribution in [0.1, 0.15) is 19.4 Å². The van der Waals surface area contributed by atoms with E-state index in [0.29, 0.717) is 5.69 Å². The highest BCUT2D eigenvalue weighted by Gasteiger charge is 2.35. The maximum Gasteiger partial charge on any atom is 0.321 e. The van der Waals surface area contributed by atoms with Gasteiger partial charge < -0.3 is 10.4 Å². The maximum atomic E-state index is 11.8. The van der Waals surface area contributed by atoms with E-state index in [2.05, 4.69) is 5.32 Å². The molecule has 0 aliphatic rings. The van der Waals surface area contributed by atoms with Gasteiger partial charge in [-0.3, -0.25) is 13.8 Å². The third-order valence-corrected chi connectivity index (χ3v) is 4.52. The van der Waals surface area contributed by atoms with Crippen LogP contribution in [0.3, 0.4) is 0 Å². The summed E-state index contributed by atoms with van der Waals surface area (Å²) in [5, 5.41) is 11.5. The first-order valence-electron chi connectivity index (χ1n) is 5.72. The van der Waals surface area contributed by atoms with Crippen LogP contribution >= 0.6 is 0 Å². The molecule has 0 heterocycles. The molecule has 1 aromatic carbocycles. The molecule has 19 heavy (non-hydrogen) atoms. The Morgan fingerprint density at radius 1 is 1.26 bits per heavy atom. The topological polar surface area (TPSA) is 83.5 Å². The number of carboxylic acids is 1. The number of amides is 1. The van der Waals surface area contributed by atoms with Gasteiger partial charge in [0, 0.05) is 16.5 Å². The highest BCUT2D eigenvalue weighted by molar-refractivity contribution is 7.88. The normalized spacial score (nSPS) is 12.8. The summed E-state index contributed by atoms with van der Waals surface area (Å²) in [7, 11) is -1.78. The lowest BCUT2D eigenvalue weighted by atomic mass is 10.2. The van der Waals surface area contributed by atoms with E-state index in [4.69, 9.17) is 5.11 Å². The Morgan fingerprint density at radius 2 is 1.79 bits per heavy atom. The van der Waals surface area contributed by atoms with Gasteiger partial charge in [-0.2, -0.15) is 0 Å². The summed E-state index contributed by atoms with van der Waals surface area (Å²) in [6, 6.07) is 7.15. The number of carboxylic acid groups (broad SMARTS) is 1. The van der Waals surface area contributed by atoms with Gasteiger partial charge >= 0.3 is 5.97 Å². The van der Waals surface area contributed by atoms with Gasteiger partial charge in [-0.05, 0) is 32.9 Å². The van der Waals surface area contributed by atoms with E-state index in [0.717, 1.165) is 5.56 Å². The summed E-state index contributed by atoms with van der Waals surface area (Å²) in [5.74, 6) is -1.99. The van der Waals surface area contributed by atoms with E-state index in [9.17, 15) is 13.8 Å². The Labute approximate surface area is 114 Å². The van der Waals surface area contributed by atoms with Crippen molar-refractivity contribution in [1.82, 2.24) is 0 Å². The van der Waals surface area contributed by atoms with Gasteiger partial charge in [0.1, 0.15) is 10.5 Å².